The van der Waals surface area contributed by atoms with Crippen molar-refractivity contribution in [3.8, 4) is 0 Å². The molecular formula is C15H27NO. The molecule has 2 unspecified atom stereocenters. The Hall–Kier alpha value is -0.760. The van der Waals surface area contributed by atoms with Crippen molar-refractivity contribution in [1.82, 2.24) is 5.32 Å². The predicted octanol–water partition coefficient (Wildman–Crippen LogP) is 4.31. The first-order valence-electron chi connectivity index (χ1n) is 6.81. The maximum Gasteiger partial charge on any atom is 0.105 e. The first-order chi connectivity index (χ1) is 8.04. The molecule has 0 bridgehead atoms. The van der Waals surface area contributed by atoms with Crippen molar-refractivity contribution in [2.75, 3.05) is 6.54 Å². The van der Waals surface area contributed by atoms with Gasteiger partial charge in [-0.2, -0.15) is 0 Å². The summed E-state index contributed by atoms with van der Waals surface area (Å²) in [5, 5.41) is 3.57. The molecule has 0 aliphatic heterocycles. The van der Waals surface area contributed by atoms with E-state index in [1.807, 2.05) is 6.92 Å². The lowest BCUT2D eigenvalue weighted by atomic mass is 9.90. The van der Waals surface area contributed by atoms with Crippen molar-refractivity contribution >= 4 is 0 Å². The Kier molecular flexibility index (Phi) is 5.76. The molecule has 0 aliphatic rings. The van der Waals surface area contributed by atoms with E-state index >= 15 is 0 Å². The van der Waals surface area contributed by atoms with Crippen molar-refractivity contribution in [2.24, 2.45) is 11.8 Å². The van der Waals surface area contributed by atoms with E-state index in [1.54, 1.807) is 6.26 Å². The average molecular weight is 237 g/mol. The Balaban J connectivity index is 2.64. The van der Waals surface area contributed by atoms with Gasteiger partial charge in [0, 0.05) is 11.6 Å². The lowest BCUT2D eigenvalue weighted by Gasteiger charge is -2.22. The minimum absolute atomic E-state index is 0.437. The molecule has 2 nitrogen and oxygen atoms in total. The molecule has 0 amide bonds. The van der Waals surface area contributed by atoms with Crippen molar-refractivity contribution in [3.63, 3.8) is 0 Å². The van der Waals surface area contributed by atoms with E-state index in [0.29, 0.717) is 6.04 Å². The van der Waals surface area contributed by atoms with Crippen LogP contribution in [0.2, 0.25) is 0 Å². The van der Waals surface area contributed by atoms with Gasteiger partial charge in [0.1, 0.15) is 5.76 Å². The van der Waals surface area contributed by atoms with E-state index in [0.717, 1.165) is 24.1 Å². The van der Waals surface area contributed by atoms with Crippen molar-refractivity contribution in [1.29, 1.82) is 0 Å². The van der Waals surface area contributed by atoms with Gasteiger partial charge in [-0.25, -0.2) is 0 Å². The Morgan fingerprint density at radius 2 is 1.94 bits per heavy atom. The molecular weight excluding hydrogens is 210 g/mol. The Morgan fingerprint density at radius 1 is 1.24 bits per heavy atom. The zero-order valence-corrected chi connectivity index (χ0v) is 11.9. The largest absolute Gasteiger partial charge is 0.469 e. The summed E-state index contributed by atoms with van der Waals surface area (Å²) in [5.41, 5.74) is 1.32. The molecule has 1 aromatic heterocycles. The summed E-state index contributed by atoms with van der Waals surface area (Å²) in [7, 11) is 0. The smallest absolute Gasteiger partial charge is 0.105 e. The highest BCUT2D eigenvalue weighted by molar-refractivity contribution is 5.20. The summed E-state index contributed by atoms with van der Waals surface area (Å²) in [6, 6.07) is 2.54. The van der Waals surface area contributed by atoms with Crippen LogP contribution in [-0.4, -0.2) is 6.54 Å². The van der Waals surface area contributed by atoms with Crippen LogP contribution in [0.15, 0.2) is 16.7 Å². The van der Waals surface area contributed by atoms with Gasteiger partial charge in [-0.05, 0) is 44.2 Å². The molecule has 0 fully saturated rings. The number of furan rings is 1. The Labute approximate surface area is 106 Å². The zero-order valence-electron chi connectivity index (χ0n) is 11.9. The molecule has 0 radical (unpaired) electrons. The van der Waals surface area contributed by atoms with Crippen LogP contribution in [0.3, 0.4) is 0 Å². The average Bonchev–Trinajstić information content (AvgIpc) is 2.62. The minimum Gasteiger partial charge on any atom is -0.469 e. The van der Waals surface area contributed by atoms with Gasteiger partial charge >= 0.3 is 0 Å². The topological polar surface area (TPSA) is 25.2 Å². The molecule has 0 saturated carbocycles. The second-order valence-electron chi connectivity index (χ2n) is 5.51. The number of aryl methyl sites for hydroxylation is 1. The normalized spacial score (nSPS) is 15.2. The van der Waals surface area contributed by atoms with Gasteiger partial charge in [0.15, 0.2) is 0 Å². The van der Waals surface area contributed by atoms with Crippen LogP contribution in [0, 0.1) is 18.8 Å². The Bertz CT molecular complexity index is 316. The van der Waals surface area contributed by atoms with Gasteiger partial charge in [0.2, 0.25) is 0 Å². The van der Waals surface area contributed by atoms with Crippen LogP contribution in [0.4, 0.5) is 0 Å². The van der Waals surface area contributed by atoms with Crippen molar-refractivity contribution in [2.45, 2.75) is 53.5 Å². The third-order valence-corrected chi connectivity index (χ3v) is 3.24. The van der Waals surface area contributed by atoms with Gasteiger partial charge in [-0.3, -0.25) is 0 Å². The summed E-state index contributed by atoms with van der Waals surface area (Å²) in [4.78, 5) is 0. The molecule has 1 aromatic rings. The molecule has 0 spiro atoms. The highest BCUT2D eigenvalue weighted by Crippen LogP contribution is 2.27. The summed E-state index contributed by atoms with van der Waals surface area (Å²) in [6.45, 7) is 12.1. The summed E-state index contributed by atoms with van der Waals surface area (Å²) in [6.07, 6.45) is 4.27. The second-order valence-corrected chi connectivity index (χ2v) is 5.51. The molecule has 0 saturated heterocycles. The van der Waals surface area contributed by atoms with E-state index in [-0.39, 0.29) is 0 Å². The SMILES string of the molecule is CCNC(CC(C)CC(C)C)c1ccoc1C. The predicted molar refractivity (Wildman–Crippen MR) is 73.1 cm³/mol. The van der Waals surface area contributed by atoms with Crippen molar-refractivity contribution in [3.05, 3.63) is 23.7 Å². The van der Waals surface area contributed by atoms with E-state index < -0.39 is 0 Å². The molecule has 1 rings (SSSR count). The summed E-state index contributed by atoms with van der Waals surface area (Å²) < 4.78 is 5.41. The molecule has 1 heterocycles. The Morgan fingerprint density at radius 3 is 2.41 bits per heavy atom. The molecule has 0 aromatic carbocycles. The van der Waals surface area contributed by atoms with Gasteiger partial charge in [-0.1, -0.05) is 27.7 Å². The third-order valence-electron chi connectivity index (χ3n) is 3.24. The fraction of sp³-hybridized carbons (Fsp3) is 0.733. The maximum absolute atomic E-state index is 5.41. The van der Waals surface area contributed by atoms with Crippen molar-refractivity contribution < 1.29 is 4.42 Å². The fourth-order valence-corrected chi connectivity index (χ4v) is 2.63. The molecule has 98 valence electrons. The minimum atomic E-state index is 0.437. The van der Waals surface area contributed by atoms with Crippen LogP contribution < -0.4 is 5.32 Å². The number of hydrogen-bond donors (Lipinski definition) is 1. The highest BCUT2D eigenvalue weighted by atomic mass is 16.3. The lowest BCUT2D eigenvalue weighted by Crippen LogP contribution is -2.23. The number of nitrogens with one attached hydrogen (secondary N) is 1. The van der Waals surface area contributed by atoms with Gasteiger partial charge < -0.3 is 9.73 Å². The monoisotopic (exact) mass is 237 g/mol. The molecule has 2 atom stereocenters. The van der Waals surface area contributed by atoms with E-state index in [9.17, 15) is 0 Å². The highest BCUT2D eigenvalue weighted by Gasteiger charge is 2.18. The molecule has 17 heavy (non-hydrogen) atoms. The van der Waals surface area contributed by atoms with Crippen LogP contribution in [0.5, 0.6) is 0 Å². The third kappa shape index (κ3) is 4.55. The van der Waals surface area contributed by atoms with E-state index in [2.05, 4.69) is 39.1 Å². The number of hydrogen-bond acceptors (Lipinski definition) is 2. The van der Waals surface area contributed by atoms with E-state index in [1.165, 1.54) is 18.4 Å². The second kappa shape index (κ2) is 6.85. The van der Waals surface area contributed by atoms with Gasteiger partial charge in [-0.15, -0.1) is 0 Å². The molecule has 2 heteroatoms. The van der Waals surface area contributed by atoms with E-state index in [4.69, 9.17) is 4.42 Å². The summed E-state index contributed by atoms with van der Waals surface area (Å²) in [5.74, 6) is 2.57. The van der Waals surface area contributed by atoms with Crippen LogP contribution in [0.25, 0.3) is 0 Å². The quantitative estimate of drug-likeness (QED) is 0.764. The van der Waals surface area contributed by atoms with Gasteiger partial charge in [0.25, 0.3) is 0 Å². The first kappa shape index (κ1) is 14.3. The van der Waals surface area contributed by atoms with Crippen LogP contribution in [0.1, 0.15) is 57.9 Å². The zero-order chi connectivity index (χ0) is 12.8. The standard InChI is InChI=1S/C15H27NO/c1-6-16-15(10-12(4)9-11(2)3)14-7-8-17-13(14)5/h7-8,11-12,15-16H,6,9-10H2,1-5H3. The number of rotatable bonds is 7. The van der Waals surface area contributed by atoms with Gasteiger partial charge in [0.05, 0.1) is 6.26 Å². The van der Waals surface area contributed by atoms with Crippen LogP contribution >= 0.6 is 0 Å². The fourth-order valence-electron chi connectivity index (χ4n) is 2.63. The molecule has 1 N–H and O–H groups in total. The molecule has 0 aliphatic carbocycles. The van der Waals surface area contributed by atoms with Crippen LogP contribution in [-0.2, 0) is 0 Å². The maximum atomic E-state index is 5.41. The summed E-state index contributed by atoms with van der Waals surface area (Å²) >= 11 is 0. The first-order valence-corrected chi connectivity index (χ1v) is 6.81. The lowest BCUT2D eigenvalue weighted by molar-refractivity contribution is 0.356.